The Morgan fingerprint density at radius 3 is 2.67 bits per heavy atom. The summed E-state index contributed by atoms with van der Waals surface area (Å²) >= 11 is 0. The van der Waals surface area contributed by atoms with Gasteiger partial charge in [0.15, 0.2) is 0 Å². The van der Waals surface area contributed by atoms with Crippen molar-refractivity contribution >= 4 is 22.8 Å². The van der Waals surface area contributed by atoms with E-state index in [4.69, 9.17) is 0 Å². The zero-order valence-corrected chi connectivity index (χ0v) is 10.2. The third-order valence-corrected chi connectivity index (χ3v) is 3.33. The molecule has 1 heterocycles. The lowest BCUT2D eigenvalue weighted by atomic mass is 10.1. The quantitative estimate of drug-likeness (QED) is 0.783. The number of fused-ring (bicyclic) bond motifs is 1. The summed E-state index contributed by atoms with van der Waals surface area (Å²) in [6, 6.07) is 14.6. The highest BCUT2D eigenvalue weighted by Crippen LogP contribution is 2.17. The number of nitrogens with zero attached hydrogens (tertiary/aromatic N) is 1. The van der Waals surface area contributed by atoms with Crippen LogP contribution in [-0.2, 0) is 4.79 Å². The number of likely N-dealkylation sites (tertiary alicyclic amines) is 1. The smallest absolute Gasteiger partial charge is 0.226 e. The third-order valence-electron chi connectivity index (χ3n) is 3.33. The highest BCUT2D eigenvalue weighted by molar-refractivity contribution is 5.85. The van der Waals surface area contributed by atoms with E-state index in [1.54, 1.807) is 4.90 Å². The van der Waals surface area contributed by atoms with Gasteiger partial charge in [-0.3, -0.25) is 4.79 Å². The van der Waals surface area contributed by atoms with Crippen LogP contribution in [0, 0.1) is 0 Å². The fourth-order valence-electron chi connectivity index (χ4n) is 2.31. The summed E-state index contributed by atoms with van der Waals surface area (Å²) in [5.74, 6) is 0.229. The first-order chi connectivity index (χ1) is 8.83. The highest BCUT2D eigenvalue weighted by Gasteiger charge is 2.16. The Kier molecular flexibility index (Phi) is 2.85. The molecule has 0 bridgehead atoms. The van der Waals surface area contributed by atoms with Crippen molar-refractivity contribution in [3.8, 4) is 0 Å². The molecule has 0 radical (unpaired) electrons. The molecule has 1 aliphatic heterocycles. The van der Waals surface area contributed by atoms with E-state index in [9.17, 15) is 4.79 Å². The molecule has 0 saturated carbocycles. The maximum absolute atomic E-state index is 11.5. The number of hydrogen-bond acceptors (Lipinski definition) is 1. The Hall–Kier alpha value is -2.09. The van der Waals surface area contributed by atoms with Crippen LogP contribution in [0.25, 0.3) is 16.8 Å². The topological polar surface area (TPSA) is 20.3 Å². The van der Waals surface area contributed by atoms with E-state index in [0.717, 1.165) is 18.5 Å². The zero-order valence-electron chi connectivity index (χ0n) is 10.2. The monoisotopic (exact) mass is 237 g/mol. The largest absolute Gasteiger partial charge is 0.319 e. The average Bonchev–Trinajstić information content (AvgIpc) is 2.82. The van der Waals surface area contributed by atoms with E-state index < -0.39 is 0 Å². The fraction of sp³-hybridized carbons (Fsp3) is 0.188. The van der Waals surface area contributed by atoms with E-state index in [2.05, 4.69) is 30.3 Å². The summed E-state index contributed by atoms with van der Waals surface area (Å²) in [5, 5.41) is 2.47. The van der Waals surface area contributed by atoms with E-state index >= 15 is 0 Å². The van der Waals surface area contributed by atoms with Crippen LogP contribution in [0.1, 0.15) is 18.4 Å². The molecule has 3 rings (SSSR count). The maximum atomic E-state index is 11.5. The second-order valence-corrected chi connectivity index (χ2v) is 4.61. The minimum atomic E-state index is 0.229. The first kappa shape index (κ1) is 11.0. The van der Waals surface area contributed by atoms with Crippen LogP contribution in [0.3, 0.4) is 0 Å². The molecule has 0 unspecified atom stereocenters. The number of amides is 1. The SMILES string of the molecule is O=C1CCCN1C=Cc1ccc2ccccc2c1. The molecule has 1 amide bonds. The van der Waals surface area contributed by atoms with Crippen LogP contribution in [0.15, 0.2) is 48.7 Å². The third kappa shape index (κ3) is 2.14. The van der Waals surface area contributed by atoms with E-state index in [-0.39, 0.29) is 5.91 Å². The predicted molar refractivity (Wildman–Crippen MR) is 73.9 cm³/mol. The van der Waals surface area contributed by atoms with Crippen LogP contribution < -0.4 is 0 Å². The van der Waals surface area contributed by atoms with Gasteiger partial charge in [0.05, 0.1) is 0 Å². The molecule has 0 atom stereocenters. The lowest BCUT2D eigenvalue weighted by Crippen LogP contribution is -2.16. The van der Waals surface area contributed by atoms with Crippen molar-refractivity contribution in [1.82, 2.24) is 4.90 Å². The van der Waals surface area contributed by atoms with Gasteiger partial charge in [0, 0.05) is 19.2 Å². The summed E-state index contributed by atoms with van der Waals surface area (Å²) in [4.78, 5) is 13.3. The van der Waals surface area contributed by atoms with Crippen molar-refractivity contribution in [3.05, 3.63) is 54.2 Å². The van der Waals surface area contributed by atoms with Crippen LogP contribution in [0.4, 0.5) is 0 Å². The lowest BCUT2D eigenvalue weighted by molar-refractivity contribution is -0.125. The van der Waals surface area contributed by atoms with E-state index in [1.807, 2.05) is 24.4 Å². The van der Waals surface area contributed by atoms with Gasteiger partial charge in [-0.2, -0.15) is 0 Å². The molecule has 0 spiro atoms. The summed E-state index contributed by atoms with van der Waals surface area (Å²) in [6.07, 6.45) is 5.57. The zero-order chi connectivity index (χ0) is 12.4. The van der Waals surface area contributed by atoms with E-state index in [1.165, 1.54) is 10.8 Å². The van der Waals surface area contributed by atoms with Crippen molar-refractivity contribution in [2.24, 2.45) is 0 Å². The van der Waals surface area contributed by atoms with E-state index in [0.29, 0.717) is 6.42 Å². The average molecular weight is 237 g/mol. The maximum Gasteiger partial charge on any atom is 0.226 e. The standard InChI is InChI=1S/C16H15NO/c18-16-6-3-10-17(16)11-9-13-7-8-14-4-1-2-5-15(14)12-13/h1-2,4-5,7-9,11-12H,3,6,10H2. The van der Waals surface area contributed by atoms with Gasteiger partial charge in [0.1, 0.15) is 0 Å². The molecule has 1 aliphatic rings. The summed E-state index contributed by atoms with van der Waals surface area (Å²) < 4.78 is 0. The molecular weight excluding hydrogens is 222 g/mol. The van der Waals surface area contributed by atoms with Crippen molar-refractivity contribution < 1.29 is 4.79 Å². The van der Waals surface area contributed by atoms with Gasteiger partial charge < -0.3 is 4.90 Å². The first-order valence-corrected chi connectivity index (χ1v) is 6.29. The van der Waals surface area contributed by atoms with Gasteiger partial charge in [-0.25, -0.2) is 0 Å². The number of carbonyl (C=O) groups is 1. The molecule has 2 aromatic carbocycles. The molecule has 1 saturated heterocycles. The Morgan fingerprint density at radius 1 is 1.06 bits per heavy atom. The van der Waals surface area contributed by atoms with Gasteiger partial charge in [-0.05, 0) is 34.9 Å². The molecule has 0 aliphatic carbocycles. The fourth-order valence-corrected chi connectivity index (χ4v) is 2.31. The van der Waals surface area contributed by atoms with Crippen molar-refractivity contribution in [2.45, 2.75) is 12.8 Å². The van der Waals surface area contributed by atoms with Gasteiger partial charge in [-0.15, -0.1) is 0 Å². The Balaban J connectivity index is 1.86. The molecule has 2 heteroatoms. The molecular formula is C16H15NO. The van der Waals surface area contributed by atoms with Crippen LogP contribution in [0.5, 0.6) is 0 Å². The molecule has 0 N–H and O–H groups in total. The van der Waals surface area contributed by atoms with Crippen LogP contribution in [-0.4, -0.2) is 17.4 Å². The number of carbonyl (C=O) groups excluding carboxylic acids is 1. The molecule has 0 aromatic heterocycles. The summed E-state index contributed by atoms with van der Waals surface area (Å²) in [7, 11) is 0. The molecule has 90 valence electrons. The molecule has 2 nitrogen and oxygen atoms in total. The number of benzene rings is 2. The van der Waals surface area contributed by atoms with Crippen LogP contribution in [0.2, 0.25) is 0 Å². The first-order valence-electron chi connectivity index (χ1n) is 6.29. The van der Waals surface area contributed by atoms with Crippen molar-refractivity contribution in [2.75, 3.05) is 6.54 Å². The minimum Gasteiger partial charge on any atom is -0.319 e. The molecule has 18 heavy (non-hydrogen) atoms. The van der Waals surface area contributed by atoms with Crippen LogP contribution >= 0.6 is 0 Å². The minimum absolute atomic E-state index is 0.229. The predicted octanol–water partition coefficient (Wildman–Crippen LogP) is 3.43. The highest BCUT2D eigenvalue weighted by atomic mass is 16.2. The van der Waals surface area contributed by atoms with Crippen molar-refractivity contribution in [3.63, 3.8) is 0 Å². The number of rotatable bonds is 2. The van der Waals surface area contributed by atoms with Crippen molar-refractivity contribution in [1.29, 1.82) is 0 Å². The summed E-state index contributed by atoms with van der Waals surface area (Å²) in [6.45, 7) is 0.850. The van der Waals surface area contributed by atoms with Gasteiger partial charge in [0.25, 0.3) is 0 Å². The summed E-state index contributed by atoms with van der Waals surface area (Å²) in [5.41, 5.74) is 1.13. The molecule has 1 fully saturated rings. The number of hydrogen-bond donors (Lipinski definition) is 0. The molecule has 2 aromatic rings. The Labute approximate surface area is 107 Å². The second-order valence-electron chi connectivity index (χ2n) is 4.61. The van der Waals surface area contributed by atoms with Gasteiger partial charge in [0.2, 0.25) is 5.91 Å². The van der Waals surface area contributed by atoms with Gasteiger partial charge >= 0.3 is 0 Å². The lowest BCUT2D eigenvalue weighted by Gasteiger charge is -2.08. The Bertz CT molecular complexity index is 615. The normalized spacial score (nSPS) is 16.0. The van der Waals surface area contributed by atoms with Gasteiger partial charge in [-0.1, -0.05) is 36.4 Å². The second kappa shape index (κ2) is 4.65. The Morgan fingerprint density at radius 2 is 1.89 bits per heavy atom.